The van der Waals surface area contributed by atoms with E-state index in [9.17, 15) is 9.18 Å². The van der Waals surface area contributed by atoms with Gasteiger partial charge >= 0.3 is 0 Å². The van der Waals surface area contributed by atoms with Crippen molar-refractivity contribution in [2.75, 3.05) is 11.4 Å². The number of nitrogens with two attached hydrogens (primary N) is 1. The van der Waals surface area contributed by atoms with Crippen molar-refractivity contribution >= 4 is 11.6 Å². The fourth-order valence-corrected chi connectivity index (χ4v) is 1.86. The van der Waals surface area contributed by atoms with Gasteiger partial charge in [0.05, 0.1) is 11.7 Å². The van der Waals surface area contributed by atoms with Crippen LogP contribution in [0.2, 0.25) is 0 Å². The Morgan fingerprint density at radius 3 is 2.61 bits per heavy atom. The van der Waals surface area contributed by atoms with Crippen LogP contribution in [0.25, 0.3) is 0 Å². The van der Waals surface area contributed by atoms with Gasteiger partial charge in [0, 0.05) is 6.54 Å². The van der Waals surface area contributed by atoms with E-state index in [2.05, 4.69) is 0 Å². The van der Waals surface area contributed by atoms with Gasteiger partial charge in [0.25, 0.3) is 0 Å². The number of para-hydroxylation sites is 1. The molecule has 0 saturated carbocycles. The number of unbranched alkanes of at least 4 members (excludes halogenated alkanes) is 1. The zero-order valence-corrected chi connectivity index (χ0v) is 11.0. The van der Waals surface area contributed by atoms with Crippen molar-refractivity contribution < 1.29 is 9.18 Å². The highest BCUT2D eigenvalue weighted by Crippen LogP contribution is 2.19. The first kappa shape index (κ1) is 14.6. The van der Waals surface area contributed by atoms with Crippen LogP contribution in [0.4, 0.5) is 10.1 Å². The predicted octanol–water partition coefficient (Wildman–Crippen LogP) is 2.70. The van der Waals surface area contributed by atoms with Crippen molar-refractivity contribution in [2.45, 2.75) is 39.2 Å². The van der Waals surface area contributed by atoms with Gasteiger partial charge < -0.3 is 10.6 Å². The maximum atomic E-state index is 13.7. The molecule has 0 aliphatic heterocycles. The van der Waals surface area contributed by atoms with Crippen LogP contribution in [-0.4, -0.2) is 18.5 Å². The van der Waals surface area contributed by atoms with Crippen molar-refractivity contribution in [2.24, 2.45) is 5.73 Å². The lowest BCUT2D eigenvalue weighted by molar-refractivity contribution is -0.120. The third-order valence-corrected chi connectivity index (χ3v) is 2.91. The monoisotopic (exact) mass is 252 g/mol. The molecule has 4 heteroatoms. The zero-order valence-electron chi connectivity index (χ0n) is 11.0. The summed E-state index contributed by atoms with van der Waals surface area (Å²) in [6.07, 6.45) is 2.54. The van der Waals surface area contributed by atoms with E-state index in [-0.39, 0.29) is 5.91 Å². The van der Waals surface area contributed by atoms with E-state index in [0.717, 1.165) is 12.8 Å². The number of carbonyl (C=O) groups is 1. The highest BCUT2D eigenvalue weighted by atomic mass is 19.1. The second-order valence-electron chi connectivity index (χ2n) is 4.28. The molecule has 18 heavy (non-hydrogen) atoms. The van der Waals surface area contributed by atoms with Crippen molar-refractivity contribution in [3.8, 4) is 0 Å². The molecule has 0 radical (unpaired) electrons. The summed E-state index contributed by atoms with van der Waals surface area (Å²) in [5.41, 5.74) is 6.16. The van der Waals surface area contributed by atoms with Crippen molar-refractivity contribution in [1.29, 1.82) is 0 Å². The van der Waals surface area contributed by atoms with E-state index < -0.39 is 11.9 Å². The van der Waals surface area contributed by atoms with Crippen LogP contribution < -0.4 is 10.6 Å². The standard InChI is InChI=1S/C14H21FN2O/c1-3-5-9-12(16)14(18)17(4-2)13-10-7-6-8-11(13)15/h6-8,10,12H,3-5,9,16H2,1-2H3/t12-/m0/s1. The number of hydrogen-bond donors (Lipinski definition) is 1. The predicted molar refractivity (Wildman–Crippen MR) is 71.9 cm³/mol. The molecule has 0 aromatic heterocycles. The van der Waals surface area contributed by atoms with Crippen LogP contribution in [0, 0.1) is 5.82 Å². The Hall–Kier alpha value is -1.42. The van der Waals surface area contributed by atoms with Gasteiger partial charge in [-0.15, -0.1) is 0 Å². The number of halogens is 1. The maximum absolute atomic E-state index is 13.7. The van der Waals surface area contributed by atoms with E-state index in [0.29, 0.717) is 18.7 Å². The highest BCUT2D eigenvalue weighted by Gasteiger charge is 2.22. The van der Waals surface area contributed by atoms with Crippen LogP contribution in [0.5, 0.6) is 0 Å². The van der Waals surface area contributed by atoms with Gasteiger partial charge in [0.1, 0.15) is 5.82 Å². The van der Waals surface area contributed by atoms with Gasteiger partial charge in [-0.2, -0.15) is 0 Å². The fourth-order valence-electron chi connectivity index (χ4n) is 1.86. The third-order valence-electron chi connectivity index (χ3n) is 2.91. The zero-order chi connectivity index (χ0) is 13.5. The van der Waals surface area contributed by atoms with Gasteiger partial charge in [-0.05, 0) is 25.5 Å². The molecule has 0 aliphatic rings. The minimum Gasteiger partial charge on any atom is -0.320 e. The largest absolute Gasteiger partial charge is 0.320 e. The van der Waals surface area contributed by atoms with Gasteiger partial charge in [0.15, 0.2) is 0 Å². The molecular weight excluding hydrogens is 231 g/mol. The lowest BCUT2D eigenvalue weighted by Gasteiger charge is -2.24. The van der Waals surface area contributed by atoms with Gasteiger partial charge in [-0.1, -0.05) is 31.9 Å². The molecule has 1 aromatic rings. The van der Waals surface area contributed by atoms with E-state index in [1.807, 2.05) is 13.8 Å². The van der Waals surface area contributed by atoms with Crippen molar-refractivity contribution in [3.05, 3.63) is 30.1 Å². The number of amides is 1. The molecule has 1 amide bonds. The van der Waals surface area contributed by atoms with E-state index in [4.69, 9.17) is 5.73 Å². The average molecular weight is 252 g/mol. The Morgan fingerprint density at radius 2 is 2.06 bits per heavy atom. The Labute approximate surface area is 108 Å². The number of anilines is 1. The van der Waals surface area contributed by atoms with Crippen LogP contribution in [0.1, 0.15) is 33.1 Å². The molecule has 0 bridgehead atoms. The van der Waals surface area contributed by atoms with E-state index in [1.165, 1.54) is 11.0 Å². The molecule has 0 heterocycles. The fraction of sp³-hybridized carbons (Fsp3) is 0.500. The first-order chi connectivity index (χ1) is 8.61. The Kier molecular flexibility index (Phi) is 5.78. The minimum atomic E-state index is -0.551. The lowest BCUT2D eigenvalue weighted by atomic mass is 10.1. The number of hydrogen-bond acceptors (Lipinski definition) is 2. The van der Waals surface area contributed by atoms with Crippen molar-refractivity contribution in [3.63, 3.8) is 0 Å². The molecule has 100 valence electrons. The molecule has 0 aliphatic carbocycles. The quantitative estimate of drug-likeness (QED) is 0.846. The summed E-state index contributed by atoms with van der Waals surface area (Å²) in [7, 11) is 0. The molecule has 0 spiro atoms. The molecule has 0 saturated heterocycles. The van der Waals surface area contributed by atoms with Crippen LogP contribution in [0.15, 0.2) is 24.3 Å². The Morgan fingerprint density at radius 1 is 1.39 bits per heavy atom. The molecular formula is C14H21FN2O. The summed E-state index contributed by atoms with van der Waals surface area (Å²) in [6, 6.07) is 5.72. The average Bonchev–Trinajstić information content (AvgIpc) is 2.38. The minimum absolute atomic E-state index is 0.212. The van der Waals surface area contributed by atoms with E-state index in [1.54, 1.807) is 18.2 Å². The normalized spacial score (nSPS) is 12.2. The molecule has 1 atom stereocenters. The van der Waals surface area contributed by atoms with Crippen LogP contribution in [-0.2, 0) is 4.79 Å². The van der Waals surface area contributed by atoms with E-state index >= 15 is 0 Å². The van der Waals surface area contributed by atoms with Gasteiger partial charge in [-0.3, -0.25) is 4.79 Å². The lowest BCUT2D eigenvalue weighted by Crippen LogP contribution is -2.44. The molecule has 2 N–H and O–H groups in total. The maximum Gasteiger partial charge on any atom is 0.243 e. The smallest absolute Gasteiger partial charge is 0.243 e. The van der Waals surface area contributed by atoms with Gasteiger partial charge in [0.2, 0.25) is 5.91 Å². The highest BCUT2D eigenvalue weighted by molar-refractivity contribution is 5.97. The van der Waals surface area contributed by atoms with Crippen LogP contribution in [0.3, 0.4) is 0 Å². The summed E-state index contributed by atoms with van der Waals surface area (Å²) in [5, 5.41) is 0. The first-order valence-corrected chi connectivity index (χ1v) is 6.43. The summed E-state index contributed by atoms with van der Waals surface area (Å²) in [6.45, 7) is 4.28. The van der Waals surface area contributed by atoms with Gasteiger partial charge in [-0.25, -0.2) is 4.39 Å². The Bertz CT molecular complexity index is 395. The van der Waals surface area contributed by atoms with Crippen molar-refractivity contribution in [1.82, 2.24) is 0 Å². The second kappa shape index (κ2) is 7.11. The summed E-state index contributed by atoms with van der Waals surface area (Å²) >= 11 is 0. The summed E-state index contributed by atoms with van der Waals surface area (Å²) < 4.78 is 13.7. The molecule has 1 aromatic carbocycles. The molecule has 1 rings (SSSR count). The molecule has 0 unspecified atom stereocenters. The number of likely N-dealkylation sites (N-methyl/N-ethyl adjacent to an activating group) is 1. The van der Waals surface area contributed by atoms with Crippen LogP contribution >= 0.6 is 0 Å². The number of rotatable bonds is 6. The number of carbonyl (C=O) groups excluding carboxylic acids is 1. The SMILES string of the molecule is CCCC[C@H](N)C(=O)N(CC)c1ccccc1F. The second-order valence-corrected chi connectivity index (χ2v) is 4.28. The topological polar surface area (TPSA) is 46.3 Å². The third kappa shape index (κ3) is 3.53. The molecule has 3 nitrogen and oxygen atoms in total. The first-order valence-electron chi connectivity index (χ1n) is 6.43. The Balaban J connectivity index is 2.83. The summed E-state index contributed by atoms with van der Waals surface area (Å²) in [5.74, 6) is -0.605. The molecule has 0 fully saturated rings. The summed E-state index contributed by atoms with van der Waals surface area (Å²) in [4.78, 5) is 13.6. The number of nitrogens with zero attached hydrogens (tertiary/aromatic N) is 1. The number of benzene rings is 1.